The number of hydrogen-bond donors (Lipinski definition) is 1. The fourth-order valence-electron chi connectivity index (χ4n) is 0.830. The first kappa shape index (κ1) is 9.44. The summed E-state index contributed by atoms with van der Waals surface area (Å²) in [5.41, 5.74) is 4.49. The van der Waals surface area contributed by atoms with E-state index in [2.05, 4.69) is 4.74 Å². The largest absolute Gasteiger partial charge is 0.410 e. The van der Waals surface area contributed by atoms with Crippen LogP contribution in [-0.4, -0.2) is 6.09 Å². The molecule has 0 unspecified atom stereocenters. The first-order valence-corrected chi connectivity index (χ1v) is 3.45. The molecule has 0 bridgehead atoms. The third kappa shape index (κ3) is 2.70. The molecular weight excluding hydrogens is 180 g/mol. The fourth-order valence-corrected chi connectivity index (χ4v) is 0.830. The van der Waals surface area contributed by atoms with Crippen molar-refractivity contribution in [2.45, 2.75) is 6.43 Å². The van der Waals surface area contributed by atoms with Gasteiger partial charge in [0.25, 0.3) is 6.43 Å². The Morgan fingerprint density at radius 1 is 1.46 bits per heavy atom. The lowest BCUT2D eigenvalue weighted by molar-refractivity contribution is 0.151. The van der Waals surface area contributed by atoms with Crippen LogP contribution in [0.3, 0.4) is 0 Å². The molecule has 2 N–H and O–H groups in total. The number of ether oxygens (including phenoxy) is 1. The number of primary amides is 1. The summed E-state index contributed by atoms with van der Waals surface area (Å²) in [6.07, 6.45) is -3.61. The maximum Gasteiger partial charge on any atom is 0.409 e. The molecule has 0 aliphatic heterocycles. The van der Waals surface area contributed by atoms with Crippen molar-refractivity contribution < 1.29 is 18.3 Å². The van der Waals surface area contributed by atoms with Crippen molar-refractivity contribution in [2.24, 2.45) is 5.73 Å². The summed E-state index contributed by atoms with van der Waals surface area (Å²) in [6.45, 7) is 0. The lowest BCUT2D eigenvalue weighted by Crippen LogP contribution is -2.16. The first-order chi connectivity index (χ1) is 6.09. The Morgan fingerprint density at radius 2 is 2.15 bits per heavy atom. The number of alkyl halides is 2. The van der Waals surface area contributed by atoms with Crippen molar-refractivity contribution >= 4 is 6.09 Å². The van der Waals surface area contributed by atoms with Gasteiger partial charge in [-0.25, -0.2) is 13.6 Å². The lowest BCUT2D eigenvalue weighted by Gasteiger charge is -2.02. The summed E-state index contributed by atoms with van der Waals surface area (Å²) in [6, 6.07) is 5.03. The van der Waals surface area contributed by atoms with Crippen molar-refractivity contribution in [1.29, 1.82) is 0 Å². The van der Waals surface area contributed by atoms with Crippen LogP contribution in [-0.2, 0) is 0 Å². The van der Waals surface area contributed by atoms with E-state index in [4.69, 9.17) is 5.73 Å². The molecule has 0 spiro atoms. The maximum absolute atomic E-state index is 12.1. The van der Waals surface area contributed by atoms with Crippen LogP contribution in [0.2, 0.25) is 0 Å². The highest BCUT2D eigenvalue weighted by Crippen LogP contribution is 2.22. The number of benzene rings is 1. The van der Waals surface area contributed by atoms with Crippen molar-refractivity contribution in [1.82, 2.24) is 0 Å². The van der Waals surface area contributed by atoms with Gasteiger partial charge in [0.05, 0.1) is 0 Å². The van der Waals surface area contributed by atoms with E-state index in [1.54, 1.807) is 0 Å². The molecule has 0 saturated carbocycles. The third-order valence-electron chi connectivity index (χ3n) is 1.33. The molecule has 1 aromatic rings. The summed E-state index contributed by atoms with van der Waals surface area (Å²) in [4.78, 5) is 10.3. The second-order valence-electron chi connectivity index (χ2n) is 2.29. The van der Waals surface area contributed by atoms with Crippen molar-refractivity contribution in [3.63, 3.8) is 0 Å². The molecule has 0 radical (unpaired) electrons. The zero-order chi connectivity index (χ0) is 9.84. The Bertz CT molecular complexity index is 315. The van der Waals surface area contributed by atoms with E-state index >= 15 is 0 Å². The number of hydrogen-bond acceptors (Lipinski definition) is 2. The van der Waals surface area contributed by atoms with Gasteiger partial charge in [0, 0.05) is 5.56 Å². The number of carbonyl (C=O) groups is 1. The molecule has 0 saturated heterocycles. The number of halogens is 2. The molecule has 0 heterocycles. The van der Waals surface area contributed by atoms with Gasteiger partial charge in [0.2, 0.25) is 0 Å². The number of carbonyl (C=O) groups excluding carboxylic acids is 1. The first-order valence-electron chi connectivity index (χ1n) is 3.45. The topological polar surface area (TPSA) is 52.3 Å². The normalized spacial score (nSPS) is 10.1. The minimum atomic E-state index is -2.59. The van der Waals surface area contributed by atoms with Gasteiger partial charge >= 0.3 is 6.09 Å². The van der Waals surface area contributed by atoms with Crippen LogP contribution in [0, 0.1) is 0 Å². The average molecular weight is 187 g/mol. The Morgan fingerprint density at radius 3 is 2.69 bits per heavy atom. The van der Waals surface area contributed by atoms with Gasteiger partial charge in [-0.05, 0) is 12.1 Å². The molecule has 1 amide bonds. The highest BCUT2D eigenvalue weighted by atomic mass is 19.3. The molecule has 0 aliphatic carbocycles. The summed E-state index contributed by atoms with van der Waals surface area (Å²) in [5.74, 6) is 0.0188. The Balaban J connectivity index is 2.85. The Labute approximate surface area is 73.1 Å². The van der Waals surface area contributed by atoms with Crippen LogP contribution in [0.1, 0.15) is 12.0 Å². The van der Waals surface area contributed by atoms with E-state index < -0.39 is 12.5 Å². The van der Waals surface area contributed by atoms with Gasteiger partial charge in [-0.3, -0.25) is 0 Å². The predicted molar refractivity (Wildman–Crippen MR) is 41.6 cm³/mol. The summed E-state index contributed by atoms with van der Waals surface area (Å²) >= 11 is 0. The van der Waals surface area contributed by atoms with Crippen LogP contribution in [0.4, 0.5) is 13.6 Å². The van der Waals surface area contributed by atoms with Gasteiger partial charge in [0.1, 0.15) is 5.75 Å². The summed E-state index contributed by atoms with van der Waals surface area (Å²) in [5, 5.41) is 0. The van der Waals surface area contributed by atoms with E-state index in [0.29, 0.717) is 0 Å². The smallest absolute Gasteiger partial charge is 0.409 e. The van der Waals surface area contributed by atoms with Crippen LogP contribution in [0.15, 0.2) is 24.3 Å². The minimum absolute atomic E-state index is 0.0188. The monoisotopic (exact) mass is 187 g/mol. The summed E-state index contributed by atoms with van der Waals surface area (Å²) in [7, 11) is 0. The van der Waals surface area contributed by atoms with Gasteiger partial charge in [-0.1, -0.05) is 12.1 Å². The molecular formula is C8H7F2NO2. The second kappa shape index (κ2) is 3.84. The SMILES string of the molecule is NC(=O)Oc1cccc(C(F)F)c1. The standard InChI is InChI=1S/C8H7F2NO2/c9-7(10)5-2-1-3-6(4-5)13-8(11)12/h1-4,7H,(H2,11,12). The molecule has 3 nitrogen and oxygen atoms in total. The number of rotatable bonds is 2. The fraction of sp³-hybridized carbons (Fsp3) is 0.125. The molecule has 0 atom stereocenters. The molecule has 1 aromatic carbocycles. The van der Waals surface area contributed by atoms with Gasteiger partial charge < -0.3 is 10.5 Å². The molecule has 13 heavy (non-hydrogen) atoms. The summed E-state index contributed by atoms with van der Waals surface area (Å²) < 4.78 is 28.6. The molecule has 70 valence electrons. The van der Waals surface area contributed by atoms with Crippen molar-refractivity contribution in [3.8, 4) is 5.75 Å². The minimum Gasteiger partial charge on any atom is -0.410 e. The Hall–Kier alpha value is -1.65. The van der Waals surface area contributed by atoms with Crippen LogP contribution in [0.25, 0.3) is 0 Å². The highest BCUT2D eigenvalue weighted by molar-refractivity contribution is 5.68. The van der Waals surface area contributed by atoms with Crippen molar-refractivity contribution in [3.05, 3.63) is 29.8 Å². The average Bonchev–Trinajstić information content (AvgIpc) is 2.03. The predicted octanol–water partition coefficient (Wildman–Crippen LogP) is 2.08. The Kier molecular flexibility index (Phi) is 2.79. The van der Waals surface area contributed by atoms with Crippen LogP contribution in [0.5, 0.6) is 5.75 Å². The van der Waals surface area contributed by atoms with E-state index in [0.717, 1.165) is 6.07 Å². The molecule has 0 aromatic heterocycles. The second-order valence-corrected chi connectivity index (χ2v) is 2.29. The van der Waals surface area contributed by atoms with Crippen LogP contribution >= 0.6 is 0 Å². The van der Waals surface area contributed by atoms with E-state index in [1.165, 1.54) is 18.2 Å². The van der Waals surface area contributed by atoms with Gasteiger partial charge in [0.15, 0.2) is 0 Å². The molecule has 5 heteroatoms. The van der Waals surface area contributed by atoms with E-state index in [1.807, 2.05) is 0 Å². The van der Waals surface area contributed by atoms with Gasteiger partial charge in [-0.15, -0.1) is 0 Å². The number of nitrogens with two attached hydrogens (primary N) is 1. The van der Waals surface area contributed by atoms with E-state index in [9.17, 15) is 13.6 Å². The third-order valence-corrected chi connectivity index (χ3v) is 1.33. The van der Waals surface area contributed by atoms with Crippen LogP contribution < -0.4 is 10.5 Å². The zero-order valence-corrected chi connectivity index (χ0v) is 6.54. The molecule has 1 rings (SSSR count). The lowest BCUT2D eigenvalue weighted by atomic mass is 10.2. The van der Waals surface area contributed by atoms with Gasteiger partial charge in [-0.2, -0.15) is 0 Å². The zero-order valence-electron chi connectivity index (χ0n) is 6.54. The van der Waals surface area contributed by atoms with Crippen molar-refractivity contribution in [2.75, 3.05) is 0 Å². The molecule has 0 aliphatic rings. The highest BCUT2D eigenvalue weighted by Gasteiger charge is 2.08. The van der Waals surface area contributed by atoms with E-state index in [-0.39, 0.29) is 11.3 Å². The maximum atomic E-state index is 12.1. The number of amides is 1. The molecule has 0 fully saturated rings. The quantitative estimate of drug-likeness (QED) is 0.770.